The minimum atomic E-state index is -0.887. The van der Waals surface area contributed by atoms with E-state index in [1.165, 1.54) is 0 Å². The fraction of sp³-hybridized carbons (Fsp3) is 0.333. The first-order chi connectivity index (χ1) is 3.63. The molecular formula is C3H3Na2O2S3+. The van der Waals surface area contributed by atoms with E-state index in [0.29, 0.717) is 0 Å². The van der Waals surface area contributed by atoms with Gasteiger partial charge in [0.15, 0.2) is 0 Å². The molecule has 10 heavy (non-hydrogen) atoms. The molecule has 0 unspecified atom stereocenters. The molecule has 0 saturated heterocycles. The third-order valence-corrected chi connectivity index (χ3v) is 1.65. The van der Waals surface area contributed by atoms with E-state index < -0.39 is 5.97 Å². The van der Waals surface area contributed by atoms with Crippen LogP contribution in [0.3, 0.4) is 0 Å². The summed E-state index contributed by atoms with van der Waals surface area (Å²) in [5.74, 6) is -0.912. The predicted molar refractivity (Wildman–Crippen MR) is 40.1 cm³/mol. The van der Waals surface area contributed by atoms with Gasteiger partial charge in [0.2, 0.25) is 0 Å². The molecule has 0 rings (SSSR count). The monoisotopic (exact) mass is 213 g/mol. The molecule has 0 saturated carbocycles. The summed E-state index contributed by atoms with van der Waals surface area (Å²) in [6, 6.07) is 0. The van der Waals surface area contributed by atoms with E-state index >= 15 is 0 Å². The van der Waals surface area contributed by atoms with Crippen LogP contribution in [0, 0.1) is 0 Å². The van der Waals surface area contributed by atoms with E-state index in [0.717, 1.165) is 11.8 Å². The Labute approximate surface area is 119 Å². The van der Waals surface area contributed by atoms with Crippen molar-refractivity contribution in [2.45, 2.75) is 0 Å². The second-order valence-corrected chi connectivity index (χ2v) is 3.51. The number of carboxylic acid groups (broad SMARTS) is 1. The number of thioether (sulfide) groups is 1. The average molecular weight is 213 g/mol. The number of hydrogen-bond donors (Lipinski definition) is 1. The van der Waals surface area contributed by atoms with Gasteiger partial charge in [-0.3, -0.25) is 4.79 Å². The summed E-state index contributed by atoms with van der Waals surface area (Å²) in [6.07, 6.45) is 0. The van der Waals surface area contributed by atoms with Crippen LogP contribution >= 0.6 is 24.0 Å². The maximum atomic E-state index is 9.78. The van der Waals surface area contributed by atoms with Gasteiger partial charge >= 0.3 is 65.1 Å². The number of aliphatic carboxylic acids is 1. The van der Waals surface area contributed by atoms with Gasteiger partial charge in [0.25, 0.3) is 0 Å². The molecule has 0 radical (unpaired) electrons. The largest absolute Gasteiger partial charge is 1.00 e. The molecule has 0 aliphatic carbocycles. The molecule has 0 aromatic carbocycles. The van der Waals surface area contributed by atoms with Crippen LogP contribution in [0.1, 0.15) is 0 Å². The van der Waals surface area contributed by atoms with E-state index in [9.17, 15) is 4.79 Å². The van der Waals surface area contributed by atoms with E-state index in [2.05, 4.69) is 24.8 Å². The van der Waals surface area contributed by atoms with E-state index in [1.807, 2.05) is 0 Å². The summed E-state index contributed by atoms with van der Waals surface area (Å²) in [5.41, 5.74) is 0. The first-order valence-electron chi connectivity index (χ1n) is 1.68. The van der Waals surface area contributed by atoms with Gasteiger partial charge in [-0.1, -0.05) is 3.53 Å². The zero-order valence-corrected chi connectivity index (χ0v) is 12.2. The summed E-state index contributed by atoms with van der Waals surface area (Å²) in [6.45, 7) is 0. The van der Waals surface area contributed by atoms with Crippen LogP contribution in [0.15, 0.2) is 0 Å². The molecule has 0 aromatic rings. The number of rotatable bonds is 2. The van der Waals surface area contributed by atoms with Gasteiger partial charge < -0.3 is 30.0 Å². The molecule has 2 nitrogen and oxygen atoms in total. The Hall–Kier alpha value is 2.13. The van der Waals surface area contributed by atoms with Crippen molar-refractivity contribution in [3.8, 4) is 0 Å². The van der Waals surface area contributed by atoms with Crippen molar-refractivity contribution in [2.75, 3.05) is 5.75 Å². The topological polar surface area (TPSA) is 37.3 Å². The molecule has 1 N–H and O–H groups in total. The van der Waals surface area contributed by atoms with Crippen molar-refractivity contribution in [2.24, 2.45) is 0 Å². The van der Waals surface area contributed by atoms with Gasteiger partial charge in [0.1, 0.15) is 0 Å². The van der Waals surface area contributed by atoms with Gasteiger partial charge in [0.05, 0.1) is 5.75 Å². The van der Waals surface area contributed by atoms with E-state index in [4.69, 9.17) is 5.11 Å². The number of hydrogen-bond acceptors (Lipinski definition) is 4. The van der Waals surface area contributed by atoms with Gasteiger partial charge in [-0.15, -0.1) is 11.8 Å². The third-order valence-electron chi connectivity index (χ3n) is 0.313. The Morgan fingerprint density at radius 2 is 2.00 bits per heavy atom. The van der Waals surface area contributed by atoms with Crippen LogP contribution in [-0.4, -0.2) is 20.4 Å². The Morgan fingerprint density at radius 1 is 1.60 bits per heavy atom. The van der Waals surface area contributed by atoms with Gasteiger partial charge in [-0.25, -0.2) is 0 Å². The van der Waals surface area contributed by atoms with Crippen LogP contribution in [0.25, 0.3) is 0 Å². The van der Waals surface area contributed by atoms with Crippen LogP contribution in [-0.2, 0) is 17.4 Å². The van der Waals surface area contributed by atoms with Crippen LogP contribution in [0.2, 0.25) is 0 Å². The van der Waals surface area contributed by atoms with Crippen LogP contribution in [0.4, 0.5) is 0 Å². The van der Waals surface area contributed by atoms with Gasteiger partial charge in [-0.2, -0.15) is 0 Å². The first-order valence-corrected chi connectivity index (χ1v) is 3.48. The molecule has 0 aliphatic heterocycles. The van der Waals surface area contributed by atoms with Gasteiger partial charge in [0, 0.05) is 0 Å². The predicted octanol–water partition coefficient (Wildman–Crippen LogP) is -5.36. The Kier molecular flexibility index (Phi) is 20.1. The smallest absolute Gasteiger partial charge is 0.481 e. The first kappa shape index (κ1) is 18.0. The quantitative estimate of drug-likeness (QED) is 0.282. The van der Waals surface area contributed by atoms with Crippen molar-refractivity contribution in [1.82, 2.24) is 0 Å². The minimum Gasteiger partial charge on any atom is -0.481 e. The van der Waals surface area contributed by atoms with Crippen LogP contribution in [0.5, 0.6) is 0 Å². The zero-order valence-electron chi connectivity index (χ0n) is 5.79. The van der Waals surface area contributed by atoms with Crippen molar-refractivity contribution >= 4 is 46.1 Å². The molecular weight excluding hydrogens is 210 g/mol. The maximum absolute atomic E-state index is 9.78. The molecule has 46 valence electrons. The Bertz CT molecular complexity index is 104. The zero-order chi connectivity index (χ0) is 6.57. The van der Waals surface area contributed by atoms with Crippen molar-refractivity contribution < 1.29 is 69.0 Å². The van der Waals surface area contributed by atoms with Crippen molar-refractivity contribution in [1.29, 1.82) is 0 Å². The summed E-state index contributed by atoms with van der Waals surface area (Å²) in [4.78, 5) is 9.78. The fourth-order valence-corrected chi connectivity index (χ4v) is 0.716. The number of thiocarbonyl (C=S) groups is 1. The fourth-order valence-electron chi connectivity index (χ4n) is 0.121. The molecule has 0 heterocycles. The molecule has 7 heteroatoms. The Morgan fingerprint density at radius 3 is 2.10 bits per heavy atom. The molecule has 0 aliphatic rings. The summed E-state index contributed by atoms with van der Waals surface area (Å²) in [5, 5.41) is 8.04. The third kappa shape index (κ3) is 16.6. The molecule has 0 fully saturated rings. The summed E-state index contributed by atoms with van der Waals surface area (Å²) in [7, 11) is 0. The van der Waals surface area contributed by atoms with E-state index in [1.54, 1.807) is 0 Å². The average Bonchev–Trinajstić information content (AvgIpc) is 1.61. The van der Waals surface area contributed by atoms with Crippen molar-refractivity contribution in [3.63, 3.8) is 0 Å². The SMILES string of the molecule is O=C(O)CSC(=S)[S-].[Na+].[Na+]. The van der Waals surface area contributed by atoms with E-state index in [-0.39, 0.29) is 68.4 Å². The normalized spacial score (nSPS) is 6.80. The molecule has 0 spiro atoms. The molecule has 0 atom stereocenters. The minimum absolute atomic E-state index is 0. The second kappa shape index (κ2) is 11.1. The van der Waals surface area contributed by atoms with Gasteiger partial charge in [-0.05, 0) is 0 Å². The molecule has 0 bridgehead atoms. The van der Waals surface area contributed by atoms with Crippen LogP contribution < -0.4 is 59.1 Å². The molecule has 0 aromatic heterocycles. The number of carbonyl (C=O) groups is 1. The summed E-state index contributed by atoms with van der Waals surface area (Å²) < 4.78 is 0.257. The Balaban J connectivity index is -0.000000245. The standard InChI is InChI=1S/C3H4O2S3.2Na/c4-2(5)1-8-3(6)7;;/h1H2,(H,4,5)(H,6,7);;/q;2*+1/p-1. The second-order valence-electron chi connectivity index (χ2n) is 0.932. The number of carboxylic acids is 1. The molecule has 0 amide bonds. The van der Waals surface area contributed by atoms with Crippen molar-refractivity contribution in [3.05, 3.63) is 0 Å². The summed E-state index contributed by atoms with van der Waals surface area (Å²) >= 11 is 9.84. The maximum Gasteiger partial charge on any atom is 1.00 e.